The number of carbonyl (C=O) groups excluding carboxylic acids is 3. The van der Waals surface area contributed by atoms with E-state index in [9.17, 15) is 14.4 Å². The van der Waals surface area contributed by atoms with Crippen molar-refractivity contribution < 1.29 is 14.4 Å². The third kappa shape index (κ3) is 2.53. The van der Waals surface area contributed by atoms with Gasteiger partial charge in [-0.25, -0.2) is 0 Å². The highest BCUT2D eigenvalue weighted by atomic mass is 16.2. The number of rotatable bonds is 4. The molecule has 0 spiro atoms. The molecule has 19 heavy (non-hydrogen) atoms. The van der Waals surface area contributed by atoms with E-state index in [-0.39, 0.29) is 17.5 Å². The Hall–Kier alpha value is -1.71. The lowest BCUT2D eigenvalue weighted by Gasteiger charge is -2.22. The highest BCUT2D eigenvalue weighted by molar-refractivity contribution is 6.23. The van der Waals surface area contributed by atoms with Crippen molar-refractivity contribution in [3.63, 3.8) is 0 Å². The lowest BCUT2D eigenvalue weighted by atomic mass is 9.94. The second-order valence-electron chi connectivity index (χ2n) is 5.05. The largest absolute Gasteiger partial charge is 0.332 e. The lowest BCUT2D eigenvalue weighted by Crippen LogP contribution is -2.35. The summed E-state index contributed by atoms with van der Waals surface area (Å²) in [5.41, 5.74) is 1.08. The molecule has 1 saturated heterocycles. The number of likely N-dealkylation sites (tertiary alicyclic amines) is 1. The predicted octanol–water partition coefficient (Wildman–Crippen LogP) is 1.66. The summed E-state index contributed by atoms with van der Waals surface area (Å²) in [6.07, 6.45) is 8.72. The molecule has 1 amide bonds. The molecule has 1 fully saturated rings. The summed E-state index contributed by atoms with van der Waals surface area (Å²) in [5.74, 6) is -1.98. The maximum atomic E-state index is 12.3. The molecule has 2 rings (SSSR count). The molecular formula is C15H19NO3. The monoisotopic (exact) mass is 261 g/mol. The summed E-state index contributed by atoms with van der Waals surface area (Å²) in [6.45, 7) is 3.62. The number of Topliss-reactive ketones (excluding diaryl/α,β-unsaturated/α-hetero) is 2. The van der Waals surface area contributed by atoms with Gasteiger partial charge in [-0.05, 0) is 38.7 Å². The van der Waals surface area contributed by atoms with Gasteiger partial charge in [0.05, 0.1) is 6.04 Å². The number of amides is 1. The molecule has 0 N–H and O–H groups in total. The molecule has 2 aliphatic rings. The topological polar surface area (TPSA) is 54.5 Å². The van der Waals surface area contributed by atoms with Gasteiger partial charge in [-0.1, -0.05) is 18.2 Å². The summed E-state index contributed by atoms with van der Waals surface area (Å²) in [6, 6.07) is -0.472. The molecule has 1 aliphatic carbocycles. The Kier molecular flexibility index (Phi) is 3.98. The summed E-state index contributed by atoms with van der Waals surface area (Å²) in [7, 11) is 0. The van der Waals surface area contributed by atoms with E-state index in [4.69, 9.17) is 0 Å². The minimum atomic E-state index is -1.07. The van der Waals surface area contributed by atoms with E-state index in [0.717, 1.165) is 18.4 Å². The fourth-order valence-corrected chi connectivity index (χ4v) is 2.79. The second-order valence-corrected chi connectivity index (χ2v) is 5.05. The van der Waals surface area contributed by atoms with Crippen LogP contribution in [0.2, 0.25) is 0 Å². The normalized spacial score (nSPS) is 26.8. The standard InChI is InChI=1S/C15H19NO3/c1-3-16-12(9-11-7-5-4-6-8-11)14(18)13(10(2)17)15(16)19/h5,7-8,12-13H,3-4,6,9H2,1-2H3/t12-,13?/m0/s1. The summed E-state index contributed by atoms with van der Waals surface area (Å²) in [4.78, 5) is 37.4. The Morgan fingerprint density at radius 1 is 1.37 bits per heavy atom. The molecule has 0 radical (unpaired) electrons. The van der Waals surface area contributed by atoms with Gasteiger partial charge in [-0.3, -0.25) is 14.4 Å². The second kappa shape index (κ2) is 5.51. The van der Waals surface area contributed by atoms with Gasteiger partial charge in [0.15, 0.2) is 11.7 Å². The fourth-order valence-electron chi connectivity index (χ4n) is 2.79. The van der Waals surface area contributed by atoms with Crippen LogP contribution >= 0.6 is 0 Å². The first kappa shape index (κ1) is 13.7. The first-order chi connectivity index (χ1) is 9.06. The Labute approximate surface area is 113 Å². The summed E-state index contributed by atoms with van der Waals surface area (Å²) in [5, 5.41) is 0. The van der Waals surface area contributed by atoms with Gasteiger partial charge in [0, 0.05) is 6.54 Å². The van der Waals surface area contributed by atoms with Crippen LogP contribution in [0.25, 0.3) is 0 Å². The van der Waals surface area contributed by atoms with E-state index in [2.05, 4.69) is 12.2 Å². The zero-order valence-corrected chi connectivity index (χ0v) is 11.4. The highest BCUT2D eigenvalue weighted by Gasteiger charge is 2.48. The maximum Gasteiger partial charge on any atom is 0.241 e. The molecule has 4 heteroatoms. The van der Waals surface area contributed by atoms with Crippen LogP contribution in [0.15, 0.2) is 23.8 Å². The molecule has 0 saturated carbocycles. The number of nitrogens with zero attached hydrogens (tertiary/aromatic N) is 1. The smallest absolute Gasteiger partial charge is 0.241 e. The average molecular weight is 261 g/mol. The van der Waals surface area contributed by atoms with Crippen LogP contribution in [0.1, 0.15) is 33.1 Å². The average Bonchev–Trinajstić information content (AvgIpc) is 2.62. The van der Waals surface area contributed by atoms with E-state index in [1.165, 1.54) is 11.8 Å². The van der Waals surface area contributed by atoms with Gasteiger partial charge in [0.2, 0.25) is 5.91 Å². The molecule has 0 aromatic heterocycles. The number of ketones is 2. The molecular weight excluding hydrogens is 242 g/mol. The van der Waals surface area contributed by atoms with Crippen molar-refractivity contribution in [1.82, 2.24) is 4.90 Å². The van der Waals surface area contributed by atoms with Crippen LogP contribution in [-0.4, -0.2) is 35.0 Å². The number of hydrogen-bond acceptors (Lipinski definition) is 3. The van der Waals surface area contributed by atoms with Crippen molar-refractivity contribution in [2.24, 2.45) is 5.92 Å². The quantitative estimate of drug-likeness (QED) is 0.723. The van der Waals surface area contributed by atoms with Gasteiger partial charge in [-0.15, -0.1) is 0 Å². The third-order valence-corrected chi connectivity index (χ3v) is 3.77. The van der Waals surface area contributed by atoms with E-state index in [0.29, 0.717) is 13.0 Å². The molecule has 102 valence electrons. The minimum Gasteiger partial charge on any atom is -0.332 e. The number of carbonyl (C=O) groups is 3. The molecule has 0 aromatic carbocycles. The molecule has 4 nitrogen and oxygen atoms in total. The van der Waals surface area contributed by atoms with E-state index >= 15 is 0 Å². The van der Waals surface area contributed by atoms with Gasteiger partial charge < -0.3 is 4.90 Å². The number of likely N-dealkylation sites (N-methyl/N-ethyl adjacent to an activating group) is 1. The van der Waals surface area contributed by atoms with Crippen LogP contribution in [0.5, 0.6) is 0 Å². The van der Waals surface area contributed by atoms with E-state index in [1.54, 1.807) is 0 Å². The van der Waals surface area contributed by atoms with Gasteiger partial charge >= 0.3 is 0 Å². The molecule has 2 atom stereocenters. The number of allylic oxidation sites excluding steroid dienone is 3. The van der Waals surface area contributed by atoms with Crippen LogP contribution < -0.4 is 0 Å². The fraction of sp³-hybridized carbons (Fsp3) is 0.533. The molecule has 1 heterocycles. The zero-order valence-electron chi connectivity index (χ0n) is 11.4. The molecule has 1 unspecified atom stereocenters. The zero-order chi connectivity index (χ0) is 14.0. The van der Waals surface area contributed by atoms with Crippen molar-refractivity contribution in [3.05, 3.63) is 23.8 Å². The minimum absolute atomic E-state index is 0.237. The first-order valence-electron chi connectivity index (χ1n) is 6.76. The Morgan fingerprint density at radius 2 is 2.11 bits per heavy atom. The van der Waals surface area contributed by atoms with Crippen molar-refractivity contribution in [1.29, 1.82) is 0 Å². The van der Waals surface area contributed by atoms with Crippen LogP contribution in [0.4, 0.5) is 0 Å². The van der Waals surface area contributed by atoms with Crippen molar-refractivity contribution >= 4 is 17.5 Å². The van der Waals surface area contributed by atoms with Gasteiger partial charge in [0.1, 0.15) is 5.78 Å². The van der Waals surface area contributed by atoms with Crippen molar-refractivity contribution in [2.45, 2.75) is 39.2 Å². The van der Waals surface area contributed by atoms with Crippen LogP contribution in [0, 0.1) is 5.92 Å². The maximum absolute atomic E-state index is 12.3. The first-order valence-corrected chi connectivity index (χ1v) is 6.76. The molecule has 0 bridgehead atoms. The Bertz CT molecular complexity index is 476. The molecule has 0 aromatic rings. The summed E-state index contributed by atoms with van der Waals surface area (Å²) < 4.78 is 0. The SMILES string of the molecule is CCN1C(=O)C(C(C)=O)C(=O)[C@@H]1CC1=CCCC=C1. The Morgan fingerprint density at radius 3 is 2.63 bits per heavy atom. The van der Waals surface area contributed by atoms with Crippen LogP contribution in [-0.2, 0) is 14.4 Å². The van der Waals surface area contributed by atoms with E-state index < -0.39 is 12.0 Å². The highest BCUT2D eigenvalue weighted by Crippen LogP contribution is 2.28. The van der Waals surface area contributed by atoms with Crippen molar-refractivity contribution in [3.8, 4) is 0 Å². The Balaban J connectivity index is 2.21. The van der Waals surface area contributed by atoms with Gasteiger partial charge in [0.25, 0.3) is 0 Å². The van der Waals surface area contributed by atoms with E-state index in [1.807, 2.05) is 13.0 Å². The third-order valence-electron chi connectivity index (χ3n) is 3.77. The van der Waals surface area contributed by atoms with Crippen LogP contribution in [0.3, 0.4) is 0 Å². The summed E-state index contributed by atoms with van der Waals surface area (Å²) >= 11 is 0. The number of hydrogen-bond donors (Lipinski definition) is 0. The van der Waals surface area contributed by atoms with Gasteiger partial charge in [-0.2, -0.15) is 0 Å². The van der Waals surface area contributed by atoms with Crippen molar-refractivity contribution in [2.75, 3.05) is 6.54 Å². The molecule has 1 aliphatic heterocycles. The lowest BCUT2D eigenvalue weighted by molar-refractivity contribution is -0.138. The predicted molar refractivity (Wildman–Crippen MR) is 71.4 cm³/mol.